The number of carbonyl (C=O) groups excluding carboxylic acids is 3. The third-order valence-corrected chi connectivity index (χ3v) is 6.26. The Bertz CT molecular complexity index is 974. The zero-order valence-corrected chi connectivity index (χ0v) is 19.6. The van der Waals surface area contributed by atoms with Crippen molar-refractivity contribution >= 4 is 35.6 Å². The zero-order valence-electron chi connectivity index (χ0n) is 18.8. The second-order valence-electron chi connectivity index (χ2n) is 8.58. The van der Waals surface area contributed by atoms with Crippen LogP contribution in [-0.2, 0) is 23.9 Å². The van der Waals surface area contributed by atoms with Gasteiger partial charge in [-0.15, -0.1) is 11.8 Å². The molecule has 1 saturated heterocycles. The third-order valence-electron chi connectivity index (χ3n) is 4.92. The fourth-order valence-corrected chi connectivity index (χ4v) is 4.90. The van der Waals surface area contributed by atoms with E-state index in [-0.39, 0.29) is 12.3 Å². The van der Waals surface area contributed by atoms with Gasteiger partial charge < -0.3 is 25.2 Å². The average Bonchev–Trinajstić information content (AvgIpc) is 2.74. The molecule has 0 radical (unpaired) electrons. The first-order valence-corrected chi connectivity index (χ1v) is 11.3. The van der Waals surface area contributed by atoms with Gasteiger partial charge >= 0.3 is 12.1 Å². The number of nitrogens with zero attached hydrogens (tertiary/aromatic N) is 1. The number of β-lactam (4-membered cyclic amide) rings is 1. The number of carbonyl (C=O) groups is 4. The summed E-state index contributed by atoms with van der Waals surface area (Å²) in [6, 6.07) is 6.54. The first-order valence-electron chi connectivity index (χ1n) is 10.3. The molecule has 3 N–H and O–H groups in total. The highest BCUT2D eigenvalue weighted by molar-refractivity contribution is 8.00. The van der Waals surface area contributed by atoms with Crippen LogP contribution in [0.25, 0.3) is 0 Å². The minimum Gasteiger partial charge on any atom is -0.477 e. The van der Waals surface area contributed by atoms with Crippen LogP contribution in [0.4, 0.5) is 4.79 Å². The highest BCUT2D eigenvalue weighted by Gasteiger charge is 2.54. The van der Waals surface area contributed by atoms with Crippen LogP contribution in [0.5, 0.6) is 0 Å². The fourth-order valence-electron chi connectivity index (χ4n) is 3.58. The number of hydrogen-bond acceptors (Lipinski definition) is 7. The van der Waals surface area contributed by atoms with Gasteiger partial charge in [-0.05, 0) is 31.9 Å². The van der Waals surface area contributed by atoms with Crippen molar-refractivity contribution < 1.29 is 33.8 Å². The monoisotopic (exact) mass is 477 g/mol. The van der Waals surface area contributed by atoms with Crippen LogP contribution in [-0.4, -0.2) is 70.4 Å². The van der Waals surface area contributed by atoms with Gasteiger partial charge in [-0.2, -0.15) is 0 Å². The van der Waals surface area contributed by atoms with Crippen LogP contribution >= 0.6 is 11.8 Å². The molecule has 0 aliphatic carbocycles. The molecule has 3 amide bonds. The van der Waals surface area contributed by atoms with E-state index in [9.17, 15) is 24.3 Å². The quantitative estimate of drug-likeness (QED) is 0.505. The number of fused-ring (bicyclic) bond motifs is 1. The fraction of sp³-hybridized carbons (Fsp3) is 0.455. The molecule has 3 atom stereocenters. The summed E-state index contributed by atoms with van der Waals surface area (Å²) >= 11 is 1.34. The van der Waals surface area contributed by atoms with Crippen LogP contribution < -0.4 is 10.6 Å². The van der Waals surface area contributed by atoms with E-state index in [1.165, 1.54) is 23.8 Å². The molecule has 178 valence electrons. The van der Waals surface area contributed by atoms with Gasteiger partial charge in [-0.1, -0.05) is 30.3 Å². The van der Waals surface area contributed by atoms with E-state index in [1.807, 2.05) is 0 Å². The second-order valence-corrected chi connectivity index (χ2v) is 9.68. The number of methoxy groups -OCH3 is 1. The van der Waals surface area contributed by atoms with Crippen LogP contribution in [0.15, 0.2) is 41.6 Å². The van der Waals surface area contributed by atoms with Crippen LogP contribution in [0.3, 0.4) is 0 Å². The number of nitrogens with one attached hydrogen (secondary N) is 2. The molecule has 0 saturated carbocycles. The average molecular weight is 478 g/mol. The van der Waals surface area contributed by atoms with E-state index in [4.69, 9.17) is 9.47 Å². The number of alkyl carbamates (subject to hydrolysis) is 1. The van der Waals surface area contributed by atoms with Gasteiger partial charge in [0, 0.05) is 12.9 Å². The van der Waals surface area contributed by atoms with Crippen LogP contribution in [0.1, 0.15) is 32.4 Å². The highest BCUT2D eigenvalue weighted by atomic mass is 32.2. The lowest BCUT2D eigenvalue weighted by atomic mass is 10.0. The molecule has 1 fully saturated rings. The molecule has 2 heterocycles. The summed E-state index contributed by atoms with van der Waals surface area (Å²) in [5.41, 5.74) is 0.139. The maximum atomic E-state index is 13.1. The summed E-state index contributed by atoms with van der Waals surface area (Å²) in [6.45, 7) is 5.21. The lowest BCUT2D eigenvalue weighted by molar-refractivity contribution is -0.151. The SMILES string of the molecule is COCC1=C(C(=O)O)N2C(=O)[C@H](NC(=O)C(NC(=O)OC(C)(C)C)c3ccccc3)[C@@H]2SC1. The Labute approximate surface area is 195 Å². The molecule has 0 aromatic heterocycles. The van der Waals surface area contributed by atoms with Gasteiger partial charge in [-0.25, -0.2) is 9.59 Å². The van der Waals surface area contributed by atoms with Crippen molar-refractivity contribution in [1.29, 1.82) is 0 Å². The molecule has 3 rings (SSSR count). The predicted octanol–water partition coefficient (Wildman–Crippen LogP) is 1.64. The maximum absolute atomic E-state index is 13.1. The van der Waals surface area contributed by atoms with Crippen LogP contribution in [0, 0.1) is 0 Å². The molecule has 1 aromatic carbocycles. The molecular weight excluding hydrogens is 450 g/mol. The molecule has 1 unspecified atom stereocenters. The van der Waals surface area contributed by atoms with E-state index < -0.39 is 46.9 Å². The minimum atomic E-state index is -1.22. The number of amides is 3. The molecule has 0 spiro atoms. The van der Waals surface area contributed by atoms with Gasteiger partial charge in [-0.3, -0.25) is 14.5 Å². The second kappa shape index (κ2) is 9.84. The Balaban J connectivity index is 1.77. The van der Waals surface area contributed by atoms with Crippen molar-refractivity contribution in [2.24, 2.45) is 0 Å². The first-order chi connectivity index (χ1) is 15.5. The van der Waals surface area contributed by atoms with Crippen molar-refractivity contribution in [2.45, 2.75) is 43.8 Å². The van der Waals surface area contributed by atoms with Crippen molar-refractivity contribution in [3.63, 3.8) is 0 Å². The Hall–Kier alpha value is -3.05. The summed E-state index contributed by atoms with van der Waals surface area (Å²) in [6.07, 6.45) is -0.777. The molecule has 0 bridgehead atoms. The Morgan fingerprint density at radius 2 is 1.91 bits per heavy atom. The van der Waals surface area contributed by atoms with Crippen molar-refractivity contribution in [3.8, 4) is 0 Å². The number of rotatable bonds is 7. The largest absolute Gasteiger partial charge is 0.477 e. The minimum absolute atomic E-state index is 0.0953. The van der Waals surface area contributed by atoms with Crippen LogP contribution in [0.2, 0.25) is 0 Å². The maximum Gasteiger partial charge on any atom is 0.408 e. The van der Waals surface area contributed by atoms with Crippen molar-refractivity contribution in [1.82, 2.24) is 15.5 Å². The molecule has 2 aliphatic heterocycles. The van der Waals surface area contributed by atoms with E-state index >= 15 is 0 Å². The highest BCUT2D eigenvalue weighted by Crippen LogP contribution is 2.40. The summed E-state index contributed by atoms with van der Waals surface area (Å²) < 4.78 is 10.3. The summed E-state index contributed by atoms with van der Waals surface area (Å²) in [5.74, 6) is -2.00. The zero-order chi connectivity index (χ0) is 24.3. The number of aliphatic carboxylic acids is 1. The summed E-state index contributed by atoms with van der Waals surface area (Å²) in [5, 5.41) is 14.3. The van der Waals surface area contributed by atoms with E-state index in [1.54, 1.807) is 51.1 Å². The molecule has 11 heteroatoms. The smallest absolute Gasteiger partial charge is 0.408 e. The Morgan fingerprint density at radius 1 is 1.24 bits per heavy atom. The number of hydrogen-bond donors (Lipinski definition) is 3. The van der Waals surface area contributed by atoms with Gasteiger partial charge in [0.05, 0.1) is 6.61 Å². The molecule has 2 aliphatic rings. The van der Waals surface area contributed by atoms with Crippen molar-refractivity contribution in [3.05, 3.63) is 47.2 Å². The topological polar surface area (TPSA) is 134 Å². The standard InChI is InChI=1S/C22H27N3O7S/c1-22(2,3)32-21(30)24-14(12-8-6-5-7-9-12)17(26)23-15-18(27)25-16(20(28)29)13(10-31-4)11-33-19(15)25/h5-9,14-15,19H,10-11H2,1-4H3,(H,23,26)(H,24,30)(H,28,29)/t14?,15-,19-/m0/s1. The normalized spacial score (nSPS) is 21.0. The van der Waals surface area contributed by atoms with E-state index in [0.717, 1.165) is 0 Å². The number of benzene rings is 1. The first kappa shape index (κ1) is 24.6. The Kier molecular flexibility index (Phi) is 7.33. The Morgan fingerprint density at radius 3 is 2.48 bits per heavy atom. The molecular formula is C22H27N3O7S. The lowest BCUT2D eigenvalue weighted by Crippen LogP contribution is -2.71. The molecule has 1 aromatic rings. The predicted molar refractivity (Wildman–Crippen MR) is 120 cm³/mol. The lowest BCUT2D eigenvalue weighted by Gasteiger charge is -2.49. The summed E-state index contributed by atoms with van der Waals surface area (Å²) in [7, 11) is 1.45. The van der Waals surface area contributed by atoms with Gasteiger partial charge in [0.25, 0.3) is 5.91 Å². The van der Waals surface area contributed by atoms with Gasteiger partial charge in [0.15, 0.2) is 0 Å². The number of thioether (sulfide) groups is 1. The molecule has 10 nitrogen and oxygen atoms in total. The van der Waals surface area contributed by atoms with E-state index in [2.05, 4.69) is 10.6 Å². The van der Waals surface area contributed by atoms with Gasteiger partial charge in [0.1, 0.15) is 28.8 Å². The number of carboxylic acid groups (broad SMARTS) is 1. The number of carboxylic acids is 1. The van der Waals surface area contributed by atoms with E-state index in [0.29, 0.717) is 16.9 Å². The molecule has 33 heavy (non-hydrogen) atoms. The number of ether oxygens (including phenoxy) is 2. The van der Waals surface area contributed by atoms with Gasteiger partial charge in [0.2, 0.25) is 5.91 Å². The third kappa shape index (κ3) is 5.48. The van der Waals surface area contributed by atoms with Crippen molar-refractivity contribution in [2.75, 3.05) is 19.5 Å². The summed E-state index contributed by atoms with van der Waals surface area (Å²) in [4.78, 5) is 51.2.